The number of hydrogen-bond acceptors (Lipinski definition) is 5. The van der Waals surface area contributed by atoms with Gasteiger partial charge in [0.2, 0.25) is 11.2 Å². The summed E-state index contributed by atoms with van der Waals surface area (Å²) in [4.78, 5) is 23.3. The molecule has 2 heterocycles. The van der Waals surface area contributed by atoms with Crippen LogP contribution in [-0.2, 0) is 10.9 Å². The number of aromatic amines is 1. The predicted octanol–water partition coefficient (Wildman–Crippen LogP) is 1.80. The third-order valence-electron chi connectivity index (χ3n) is 2.44. The molecule has 0 fully saturated rings. The quantitative estimate of drug-likeness (QED) is 0.863. The highest BCUT2D eigenvalue weighted by Gasteiger charge is 2.40. The number of carbonyl (C=O) groups is 1. The third kappa shape index (κ3) is 3.11. The summed E-state index contributed by atoms with van der Waals surface area (Å²) < 4.78 is 43.9. The summed E-state index contributed by atoms with van der Waals surface area (Å²) in [5.74, 6) is -1.67. The van der Waals surface area contributed by atoms with E-state index < -0.39 is 34.6 Å². The van der Waals surface area contributed by atoms with Gasteiger partial charge in [0.1, 0.15) is 10.7 Å². The number of halogens is 4. The smallest absolute Gasteiger partial charge is 0.436 e. The lowest BCUT2D eigenvalue weighted by molar-refractivity contribution is -0.141. The van der Waals surface area contributed by atoms with E-state index >= 15 is 0 Å². The van der Waals surface area contributed by atoms with Crippen molar-refractivity contribution in [1.82, 2.24) is 20.0 Å². The van der Waals surface area contributed by atoms with Crippen molar-refractivity contribution in [3.8, 4) is 5.82 Å². The Morgan fingerprint density at radius 3 is 2.73 bits per heavy atom. The minimum Gasteiger partial charge on any atom is -0.462 e. The molecule has 118 valence electrons. The molecule has 0 spiro atoms. The summed E-state index contributed by atoms with van der Waals surface area (Å²) in [6.45, 7) is 1.34. The molecule has 0 saturated heterocycles. The number of carbonyl (C=O) groups excluding carboxylic acids is 1. The first-order chi connectivity index (χ1) is 10.2. The van der Waals surface area contributed by atoms with Crippen molar-refractivity contribution in [1.29, 1.82) is 0 Å². The van der Waals surface area contributed by atoms with Crippen molar-refractivity contribution >= 4 is 17.6 Å². The van der Waals surface area contributed by atoms with Crippen LogP contribution in [0.25, 0.3) is 5.82 Å². The molecule has 1 N–H and O–H groups in total. The topological polar surface area (TPSA) is 89.9 Å². The van der Waals surface area contributed by atoms with Gasteiger partial charge in [-0.1, -0.05) is 11.6 Å². The maximum absolute atomic E-state index is 12.9. The van der Waals surface area contributed by atoms with E-state index in [-0.39, 0.29) is 11.8 Å². The van der Waals surface area contributed by atoms with Crippen LogP contribution in [0.5, 0.6) is 0 Å². The highest BCUT2D eigenvalue weighted by Crippen LogP contribution is 2.31. The second-order valence-corrected chi connectivity index (χ2v) is 4.37. The molecule has 0 aliphatic rings. The van der Waals surface area contributed by atoms with Crippen LogP contribution < -0.4 is 5.43 Å². The Labute approximate surface area is 125 Å². The number of nitrogens with zero attached hydrogens (tertiary/aromatic N) is 3. The van der Waals surface area contributed by atoms with Gasteiger partial charge < -0.3 is 4.74 Å². The molecule has 11 heteroatoms. The summed E-state index contributed by atoms with van der Waals surface area (Å²) in [5.41, 5.74) is -3.05. The number of alkyl halides is 3. The molecule has 0 bridgehead atoms. The Bertz CT molecular complexity index is 769. The van der Waals surface area contributed by atoms with Crippen molar-refractivity contribution in [2.24, 2.45) is 0 Å². The Hall–Kier alpha value is -2.36. The van der Waals surface area contributed by atoms with E-state index in [1.165, 1.54) is 6.92 Å². The van der Waals surface area contributed by atoms with E-state index in [9.17, 15) is 22.8 Å². The van der Waals surface area contributed by atoms with Gasteiger partial charge in [0, 0.05) is 12.3 Å². The molecule has 0 aromatic carbocycles. The monoisotopic (exact) mass is 336 g/mol. The van der Waals surface area contributed by atoms with Gasteiger partial charge in [0.05, 0.1) is 6.61 Å². The first kappa shape index (κ1) is 16.0. The number of H-pyrrole nitrogens is 1. The van der Waals surface area contributed by atoms with Crippen LogP contribution in [0.15, 0.2) is 17.1 Å². The van der Waals surface area contributed by atoms with Crippen LogP contribution in [-0.4, -0.2) is 32.6 Å². The van der Waals surface area contributed by atoms with Crippen LogP contribution >= 0.6 is 11.6 Å². The van der Waals surface area contributed by atoms with E-state index in [0.717, 1.165) is 12.3 Å². The fourth-order valence-electron chi connectivity index (χ4n) is 1.59. The lowest BCUT2D eigenvalue weighted by Gasteiger charge is -2.04. The van der Waals surface area contributed by atoms with Gasteiger partial charge in [-0.2, -0.15) is 23.4 Å². The highest BCUT2D eigenvalue weighted by molar-refractivity contribution is 6.29. The number of ether oxygens (including phenoxy) is 1. The maximum Gasteiger partial charge on any atom is 0.436 e. The second-order valence-electron chi connectivity index (χ2n) is 3.96. The van der Waals surface area contributed by atoms with Crippen LogP contribution in [0.1, 0.15) is 23.0 Å². The molecule has 0 aliphatic carbocycles. The molecule has 2 aromatic heterocycles. The van der Waals surface area contributed by atoms with Crippen LogP contribution in [0.3, 0.4) is 0 Å². The van der Waals surface area contributed by atoms with Gasteiger partial charge >= 0.3 is 12.1 Å². The largest absolute Gasteiger partial charge is 0.462 e. The average Bonchev–Trinajstić information content (AvgIpc) is 2.83. The Morgan fingerprint density at radius 2 is 2.18 bits per heavy atom. The van der Waals surface area contributed by atoms with E-state index in [1.54, 1.807) is 0 Å². The highest BCUT2D eigenvalue weighted by atomic mass is 35.5. The minimum atomic E-state index is -4.90. The van der Waals surface area contributed by atoms with Gasteiger partial charge in [-0.25, -0.2) is 9.48 Å². The number of aromatic nitrogens is 4. The van der Waals surface area contributed by atoms with Crippen LogP contribution in [0.4, 0.5) is 13.2 Å². The lowest BCUT2D eigenvalue weighted by Crippen LogP contribution is -2.16. The molecule has 7 nitrogen and oxygen atoms in total. The zero-order valence-electron chi connectivity index (χ0n) is 10.9. The zero-order valence-corrected chi connectivity index (χ0v) is 11.7. The molecule has 22 heavy (non-hydrogen) atoms. The van der Waals surface area contributed by atoms with Gasteiger partial charge in [-0.3, -0.25) is 9.89 Å². The van der Waals surface area contributed by atoms with Gasteiger partial charge in [0.15, 0.2) is 5.69 Å². The van der Waals surface area contributed by atoms with Crippen molar-refractivity contribution < 1.29 is 22.7 Å². The molecule has 0 aliphatic heterocycles. The summed E-state index contributed by atoms with van der Waals surface area (Å²) >= 11 is 5.50. The molecule has 2 rings (SSSR count). The first-order valence-electron chi connectivity index (χ1n) is 5.83. The third-order valence-corrected chi connectivity index (χ3v) is 2.64. The van der Waals surface area contributed by atoms with Crippen molar-refractivity contribution in [2.75, 3.05) is 6.61 Å². The number of nitrogens with one attached hydrogen (secondary N) is 1. The van der Waals surface area contributed by atoms with Crippen molar-refractivity contribution in [3.05, 3.63) is 38.9 Å². The van der Waals surface area contributed by atoms with E-state index in [2.05, 4.69) is 20.0 Å². The molecular formula is C11H8ClF3N4O3. The summed E-state index contributed by atoms with van der Waals surface area (Å²) in [6, 6.07) is 0.920. The van der Waals surface area contributed by atoms with E-state index in [0.29, 0.717) is 4.68 Å². The van der Waals surface area contributed by atoms with E-state index in [1.807, 2.05) is 0 Å². The molecule has 2 aromatic rings. The molecule has 0 atom stereocenters. The SMILES string of the molecule is CCOC(=O)c1cn(-c2n[nH]c(Cl)cc2=O)nc1C(F)(F)F. The Balaban J connectivity index is 2.59. The zero-order chi connectivity index (χ0) is 16.5. The Morgan fingerprint density at radius 1 is 1.50 bits per heavy atom. The van der Waals surface area contributed by atoms with Crippen molar-refractivity contribution in [3.63, 3.8) is 0 Å². The summed E-state index contributed by atoms with van der Waals surface area (Å²) in [6.07, 6.45) is -4.17. The fraction of sp³-hybridized carbons (Fsp3) is 0.273. The van der Waals surface area contributed by atoms with Gasteiger partial charge in [-0.15, -0.1) is 0 Å². The lowest BCUT2D eigenvalue weighted by atomic mass is 10.2. The minimum absolute atomic E-state index is 0.0948. The standard InChI is InChI=1S/C11H8ClF3N4O3/c1-2-22-10(21)5-4-19(18-8(5)11(13,14)15)9-6(20)3-7(12)16-17-9/h3-4H,2H2,1H3,(H,16,20). The normalized spacial score (nSPS) is 11.5. The summed E-state index contributed by atoms with van der Waals surface area (Å²) in [7, 11) is 0. The second kappa shape index (κ2) is 5.79. The predicted molar refractivity (Wildman–Crippen MR) is 67.9 cm³/mol. The molecule has 0 amide bonds. The maximum atomic E-state index is 12.9. The number of hydrogen-bond donors (Lipinski definition) is 1. The number of esters is 1. The van der Waals surface area contributed by atoms with Gasteiger partial charge in [0.25, 0.3) is 0 Å². The molecule has 0 radical (unpaired) electrons. The molecule has 0 saturated carbocycles. The van der Waals surface area contributed by atoms with Crippen LogP contribution in [0.2, 0.25) is 5.15 Å². The number of rotatable bonds is 3. The Kier molecular flexibility index (Phi) is 4.22. The van der Waals surface area contributed by atoms with Crippen molar-refractivity contribution in [2.45, 2.75) is 13.1 Å². The molecule has 0 unspecified atom stereocenters. The molecular weight excluding hydrogens is 329 g/mol. The summed E-state index contributed by atoms with van der Waals surface area (Å²) in [5, 5.41) is 8.84. The average molecular weight is 337 g/mol. The fourth-order valence-corrected chi connectivity index (χ4v) is 1.73. The van der Waals surface area contributed by atoms with Crippen LogP contribution in [0, 0.1) is 0 Å². The first-order valence-corrected chi connectivity index (χ1v) is 6.21. The van der Waals surface area contributed by atoms with E-state index in [4.69, 9.17) is 11.6 Å². The van der Waals surface area contributed by atoms with Gasteiger partial charge in [-0.05, 0) is 6.92 Å².